The van der Waals surface area contributed by atoms with Gasteiger partial charge in [0.1, 0.15) is 17.1 Å². The first-order valence-electron chi connectivity index (χ1n) is 44.9. The van der Waals surface area contributed by atoms with E-state index in [1.807, 2.05) is 252 Å². The molecule has 11 nitrogen and oxygen atoms in total. The molecule has 3 aliphatic rings. The fourth-order valence-corrected chi connectivity index (χ4v) is 24.2. The molecule has 0 saturated heterocycles. The van der Waals surface area contributed by atoms with E-state index in [4.69, 9.17) is 12.8 Å². The van der Waals surface area contributed by atoms with Crippen molar-refractivity contribution >= 4 is 173 Å². The van der Waals surface area contributed by atoms with E-state index in [0.717, 1.165) is 147 Å². The first-order chi connectivity index (χ1) is 67.7. The molecule has 19 aromatic carbocycles. The third kappa shape index (κ3) is 14.0. The van der Waals surface area contributed by atoms with E-state index in [9.17, 15) is 43.2 Å². The predicted molar refractivity (Wildman–Crippen MR) is 549 cm³/mol. The molecule has 0 aliphatic heterocycles. The highest BCUT2D eigenvalue weighted by Crippen LogP contribution is 2.66. The van der Waals surface area contributed by atoms with Gasteiger partial charge in [-0.25, -0.2) is 0 Å². The van der Waals surface area contributed by atoms with Crippen LogP contribution in [0.5, 0.6) is 11.5 Å². The van der Waals surface area contributed by atoms with Crippen molar-refractivity contribution in [1.82, 2.24) is 0 Å². The molecule has 0 radical (unpaired) electrons. The molecule has 0 N–H and O–H groups in total. The van der Waals surface area contributed by atoms with Gasteiger partial charge in [0, 0.05) is 115 Å². The fraction of sp³-hybridized carbons (Fsp3) is 0.0339. The van der Waals surface area contributed by atoms with Gasteiger partial charge in [0.2, 0.25) is 0 Å². The minimum Gasteiger partial charge on any atom is -0.454 e. The van der Waals surface area contributed by atoms with E-state index in [2.05, 4.69) is 192 Å². The Morgan fingerprint density at radius 2 is 0.619 bits per heavy atom. The second-order valence-corrected chi connectivity index (χ2v) is 39.5. The van der Waals surface area contributed by atoms with E-state index >= 15 is 0 Å². The summed E-state index contributed by atoms with van der Waals surface area (Å²) in [6.45, 7) is 0. The molecule has 3 aromatic heterocycles. The van der Waals surface area contributed by atoms with Crippen molar-refractivity contribution < 1.29 is 56.0 Å². The van der Waals surface area contributed by atoms with Crippen LogP contribution in [0.25, 0.3) is 95.7 Å². The largest absolute Gasteiger partial charge is 0.534 e. The molecule has 0 atom stereocenters. The van der Waals surface area contributed by atoms with Crippen LogP contribution in [-0.2, 0) is 31.1 Å². The highest BCUT2D eigenvalue weighted by Gasteiger charge is 2.54. The van der Waals surface area contributed by atoms with Crippen LogP contribution in [0, 0.1) is 0 Å². The van der Waals surface area contributed by atoms with Crippen LogP contribution in [0.15, 0.2) is 453 Å². The molecule has 3 aliphatic carbocycles. The van der Waals surface area contributed by atoms with Crippen LogP contribution in [0.1, 0.15) is 44.5 Å². The molecule has 674 valence electrons. The van der Waals surface area contributed by atoms with Crippen LogP contribution in [0.3, 0.4) is 0 Å². The number of alkyl halides is 6. The number of hydrogen-bond donors (Lipinski definition) is 0. The highest BCUT2D eigenvalue weighted by atomic mass is 32.2. The van der Waals surface area contributed by atoms with Crippen molar-refractivity contribution in [1.29, 1.82) is 0 Å². The van der Waals surface area contributed by atoms with E-state index in [-0.39, 0.29) is 5.69 Å². The van der Waals surface area contributed by atoms with Crippen molar-refractivity contribution in [2.45, 2.75) is 21.8 Å². The third-order valence-corrected chi connectivity index (χ3v) is 30.9. The standard InChI is InChI=1S/C75H47F3N2O4S.C43H27F3N2O3S3/c76-75(77,78)85(81,82)84-54-46-61-60-44-52(79(50-26-9-3-10-27-50)53-40-42-58-57-32-13-17-34-62(57)73(67(58)45-53,48-22-5-1-6-23-48)49-24-7-2-8-25-49)41-43-70(60)83-72(61)69(47-54)80(51-28-11-4-12-29-51)68-39-21-38-66-71(68)59-33-16-20-37-65(59)74(66)63-35-18-14-30-55(63)56-31-15-19-36-64(56)74;44-43(45,46)54(49,50)51-33-26-37-36-24-31(47(28-12-4-1-5-13-28)29-14-6-2-7-15-29)20-23-41(36)53-42(37)38(27-33)48(30-16-8-3-9-17-30)32-21-22-40-35(25-32)34-18-10-11-19-39(34)52-40/h1-47H;1-27H. The lowest BCUT2D eigenvalue weighted by Crippen LogP contribution is -2.28. The van der Waals surface area contributed by atoms with E-state index in [1.165, 1.54) is 41.2 Å². The lowest BCUT2D eigenvalue weighted by atomic mass is 9.67. The van der Waals surface area contributed by atoms with Crippen molar-refractivity contribution in [3.63, 3.8) is 0 Å². The number of benzene rings is 19. The number of furan rings is 1. The summed E-state index contributed by atoms with van der Waals surface area (Å²) in [6, 6.07) is 148. The molecule has 3 heterocycles. The number of para-hydroxylation sites is 5. The number of thiophene rings is 2. The van der Waals surface area contributed by atoms with Crippen LogP contribution in [0.2, 0.25) is 0 Å². The molecule has 22 aromatic rings. The van der Waals surface area contributed by atoms with Gasteiger partial charge in [-0.15, -0.1) is 22.7 Å². The van der Waals surface area contributed by atoms with E-state index < -0.39 is 53.6 Å². The van der Waals surface area contributed by atoms with Gasteiger partial charge in [0.05, 0.1) is 32.6 Å². The molecule has 0 bridgehead atoms. The van der Waals surface area contributed by atoms with Gasteiger partial charge in [-0.1, -0.05) is 285 Å². The minimum atomic E-state index is -6.17. The molecular formula is C118H74F6N4O7S4. The lowest BCUT2D eigenvalue weighted by Gasteiger charge is -2.35. The zero-order chi connectivity index (χ0) is 94.3. The van der Waals surface area contributed by atoms with Crippen LogP contribution in [0.4, 0.5) is 94.6 Å². The van der Waals surface area contributed by atoms with Crippen LogP contribution in [-0.4, -0.2) is 27.9 Å². The fourth-order valence-electron chi connectivity index (χ4n) is 21.0. The highest BCUT2D eigenvalue weighted by molar-refractivity contribution is 7.88. The summed E-state index contributed by atoms with van der Waals surface area (Å²) in [5.41, 5.74) is 11.7. The third-order valence-electron chi connectivity index (χ3n) is 26.6. The van der Waals surface area contributed by atoms with Gasteiger partial charge in [-0.2, -0.15) is 43.2 Å². The lowest BCUT2D eigenvalue weighted by molar-refractivity contribution is -0.0504. The molecule has 0 amide bonds. The Morgan fingerprint density at radius 1 is 0.252 bits per heavy atom. The average molecular weight is 1900 g/mol. The van der Waals surface area contributed by atoms with Gasteiger partial charge in [-0.05, 0) is 224 Å². The Labute approximate surface area is 803 Å². The molecular weight excluding hydrogens is 1830 g/mol. The number of rotatable bonds is 18. The zero-order valence-corrected chi connectivity index (χ0v) is 76.5. The zero-order valence-electron chi connectivity index (χ0n) is 73.3. The number of anilines is 12. The molecule has 25 rings (SSSR count). The summed E-state index contributed by atoms with van der Waals surface area (Å²) in [6.07, 6.45) is 0. The van der Waals surface area contributed by atoms with Crippen molar-refractivity contribution in [2.75, 3.05) is 19.6 Å². The summed E-state index contributed by atoms with van der Waals surface area (Å²) in [5.74, 6) is -1.00. The summed E-state index contributed by atoms with van der Waals surface area (Å²) in [4.78, 5) is 8.14. The summed E-state index contributed by atoms with van der Waals surface area (Å²) in [5, 5.41) is 4.23. The second kappa shape index (κ2) is 33.3. The summed E-state index contributed by atoms with van der Waals surface area (Å²) < 4.78 is 158. The smallest absolute Gasteiger partial charge is 0.454 e. The van der Waals surface area contributed by atoms with Gasteiger partial charge >= 0.3 is 31.3 Å². The number of fused-ring (bicyclic) bond motifs is 22. The Morgan fingerprint density at radius 3 is 1.14 bits per heavy atom. The van der Waals surface area contributed by atoms with Crippen molar-refractivity contribution in [2.24, 2.45) is 0 Å². The van der Waals surface area contributed by atoms with Gasteiger partial charge in [-0.3, -0.25) is 0 Å². The second-order valence-electron chi connectivity index (χ2n) is 34.3. The maximum absolute atomic E-state index is 14.6. The molecule has 0 saturated carbocycles. The monoisotopic (exact) mass is 1900 g/mol. The van der Waals surface area contributed by atoms with Gasteiger partial charge in [0.25, 0.3) is 0 Å². The minimum absolute atomic E-state index is 0.254. The Kier molecular flexibility index (Phi) is 20.5. The molecule has 139 heavy (non-hydrogen) atoms. The number of halogens is 6. The maximum Gasteiger partial charge on any atom is 0.534 e. The molecule has 1 spiro atoms. The normalized spacial score (nSPS) is 13.2. The predicted octanol–water partition coefficient (Wildman–Crippen LogP) is 33.1. The molecule has 0 fully saturated rings. The van der Waals surface area contributed by atoms with E-state index in [1.54, 1.807) is 11.3 Å². The Balaban J connectivity index is 0.000000167. The van der Waals surface area contributed by atoms with Gasteiger partial charge in [0.15, 0.2) is 5.58 Å². The average Bonchev–Trinajstić information content (AvgIpc) is 1.50. The van der Waals surface area contributed by atoms with Gasteiger partial charge < -0.3 is 32.4 Å². The maximum atomic E-state index is 14.6. The summed E-state index contributed by atoms with van der Waals surface area (Å²) >= 11 is 3.15. The van der Waals surface area contributed by atoms with E-state index in [0.29, 0.717) is 50.1 Å². The topological polar surface area (TPSA) is 113 Å². The Bertz CT molecular complexity index is 8760. The SMILES string of the molecule is O=S(=O)(Oc1cc(N(c2ccccc2)c2ccc3sc4ccccc4c3c2)c2sc3ccc(N(c4ccccc4)c4ccccc4)cc3c2c1)C(F)(F)F.O=S(=O)(Oc1cc(N(c2ccccc2)c2cccc3c2-c2ccccc2C32c3ccccc3-c3ccccc32)c2oc3ccc(N(c4ccccc4)c4ccc5c(c4)C(c4ccccc4)(c4ccccc4)c4ccccc4-5)cc3c2c1)C(F)(F)F. The van der Waals surface area contributed by atoms with Crippen LogP contribution >= 0.6 is 22.7 Å². The Hall–Kier alpha value is -16.3. The first kappa shape index (κ1) is 85.6. The van der Waals surface area contributed by atoms with Crippen LogP contribution < -0.4 is 28.0 Å². The first-order valence-corrected chi connectivity index (χ1v) is 49.3. The van der Waals surface area contributed by atoms with Crippen molar-refractivity contribution in [3.05, 3.63) is 493 Å². The quantitative estimate of drug-likeness (QED) is 0.0465. The summed E-state index contributed by atoms with van der Waals surface area (Å²) in [7, 11) is -12.2. The number of hydrogen-bond acceptors (Lipinski definition) is 13. The molecule has 21 heteroatoms. The van der Waals surface area contributed by atoms with Crippen molar-refractivity contribution in [3.8, 4) is 44.9 Å². The number of nitrogens with zero attached hydrogens (tertiary/aromatic N) is 4. The molecule has 0 unspecified atom stereocenters.